The molecule has 0 aromatic heterocycles. The summed E-state index contributed by atoms with van der Waals surface area (Å²) in [6, 6.07) is 12.4. The molecular formula is C30H37F3O. The van der Waals surface area contributed by atoms with Crippen LogP contribution in [-0.2, 0) is 17.3 Å². The van der Waals surface area contributed by atoms with Crippen molar-refractivity contribution in [3.63, 3.8) is 0 Å². The van der Waals surface area contributed by atoms with Gasteiger partial charge in [0, 0.05) is 0 Å². The molecular weight excluding hydrogens is 433 g/mol. The van der Waals surface area contributed by atoms with Gasteiger partial charge in [-0.05, 0) is 97.4 Å². The minimum atomic E-state index is -3.65. The summed E-state index contributed by atoms with van der Waals surface area (Å²) in [5, 5.41) is 0. The van der Waals surface area contributed by atoms with Gasteiger partial charge in [-0.3, -0.25) is 0 Å². The number of alkyl halides is 2. The van der Waals surface area contributed by atoms with Crippen LogP contribution in [0.15, 0.2) is 55.1 Å². The fourth-order valence-corrected chi connectivity index (χ4v) is 5.63. The number of ether oxygens (including phenoxy) is 1. The lowest BCUT2D eigenvalue weighted by atomic mass is 9.78. The maximum atomic E-state index is 14.7. The highest BCUT2D eigenvalue weighted by atomic mass is 19.3. The third kappa shape index (κ3) is 6.13. The summed E-state index contributed by atoms with van der Waals surface area (Å²) in [4.78, 5) is 0. The monoisotopic (exact) mass is 470 g/mol. The van der Waals surface area contributed by atoms with E-state index >= 15 is 0 Å². The van der Waals surface area contributed by atoms with Gasteiger partial charge in [0.05, 0.1) is 12.2 Å². The zero-order valence-electron chi connectivity index (χ0n) is 20.2. The van der Waals surface area contributed by atoms with E-state index in [2.05, 4.69) is 25.6 Å². The Labute approximate surface area is 202 Å². The Morgan fingerprint density at radius 2 is 1.47 bits per heavy atom. The van der Waals surface area contributed by atoms with Crippen molar-refractivity contribution in [1.29, 1.82) is 0 Å². The topological polar surface area (TPSA) is 9.23 Å². The van der Waals surface area contributed by atoms with E-state index in [1.165, 1.54) is 43.4 Å². The Morgan fingerprint density at radius 1 is 0.882 bits per heavy atom. The zero-order chi connectivity index (χ0) is 24.1. The van der Waals surface area contributed by atoms with E-state index in [9.17, 15) is 13.2 Å². The van der Waals surface area contributed by atoms with Gasteiger partial charge in [-0.15, -0.1) is 6.58 Å². The molecule has 184 valence electrons. The number of hydrogen-bond acceptors (Lipinski definition) is 1. The van der Waals surface area contributed by atoms with Crippen molar-refractivity contribution in [3.05, 3.63) is 83.2 Å². The molecule has 2 aromatic rings. The van der Waals surface area contributed by atoms with Crippen molar-refractivity contribution in [2.24, 2.45) is 11.8 Å². The maximum Gasteiger partial charge on any atom is 0.386 e. The van der Waals surface area contributed by atoms with E-state index in [4.69, 9.17) is 4.74 Å². The SMILES string of the molecule is C=CC1CCC(c2ccc(C(F)(F)OCCc3ccc(C4CCC(C)CC4)cc3)c(F)c2)CC1. The van der Waals surface area contributed by atoms with E-state index in [1.54, 1.807) is 6.07 Å². The van der Waals surface area contributed by atoms with E-state index < -0.39 is 17.5 Å². The number of allylic oxidation sites excluding steroid dienone is 1. The predicted molar refractivity (Wildman–Crippen MR) is 132 cm³/mol. The summed E-state index contributed by atoms with van der Waals surface area (Å²) in [7, 11) is 0. The van der Waals surface area contributed by atoms with Crippen LogP contribution in [0.5, 0.6) is 0 Å². The first-order valence-corrected chi connectivity index (χ1v) is 12.9. The molecule has 2 fully saturated rings. The molecule has 0 amide bonds. The van der Waals surface area contributed by atoms with Crippen molar-refractivity contribution in [1.82, 2.24) is 0 Å². The molecule has 4 heteroatoms. The lowest BCUT2D eigenvalue weighted by molar-refractivity contribution is -0.249. The Morgan fingerprint density at radius 3 is 2.09 bits per heavy atom. The van der Waals surface area contributed by atoms with Gasteiger partial charge in [0.2, 0.25) is 0 Å². The molecule has 0 bridgehead atoms. The summed E-state index contributed by atoms with van der Waals surface area (Å²) in [6.45, 7) is 5.99. The quantitative estimate of drug-likeness (QED) is 0.350. The van der Waals surface area contributed by atoms with Crippen LogP contribution in [0.3, 0.4) is 0 Å². The molecule has 34 heavy (non-hydrogen) atoms. The highest BCUT2D eigenvalue weighted by Gasteiger charge is 2.36. The molecule has 2 saturated carbocycles. The summed E-state index contributed by atoms with van der Waals surface area (Å²) in [5.74, 6) is 1.25. The van der Waals surface area contributed by atoms with Gasteiger partial charge < -0.3 is 4.74 Å². The van der Waals surface area contributed by atoms with Gasteiger partial charge in [0.1, 0.15) is 5.82 Å². The fraction of sp³-hybridized carbons (Fsp3) is 0.533. The maximum absolute atomic E-state index is 14.7. The molecule has 1 nitrogen and oxygen atoms in total. The summed E-state index contributed by atoms with van der Waals surface area (Å²) < 4.78 is 48.9. The summed E-state index contributed by atoms with van der Waals surface area (Å²) in [5.41, 5.74) is 2.40. The molecule has 4 rings (SSSR count). The number of hydrogen-bond donors (Lipinski definition) is 0. The summed E-state index contributed by atoms with van der Waals surface area (Å²) in [6.07, 6.45) is 7.55. The molecule has 2 aliphatic carbocycles. The number of rotatable bonds is 8. The van der Waals surface area contributed by atoms with Crippen LogP contribution in [0.2, 0.25) is 0 Å². The first kappa shape index (κ1) is 25.0. The molecule has 0 heterocycles. The standard InChI is InChI=1S/C30H37F3O/c1-3-22-6-12-26(13-7-22)27-16-17-28(29(31)20-27)30(32,33)34-19-18-23-8-14-25(15-9-23)24-10-4-21(2)5-11-24/h3,8-9,14-17,20-22,24,26H,1,4-7,10-13,18-19H2,2H3. The molecule has 0 N–H and O–H groups in total. The fourth-order valence-electron chi connectivity index (χ4n) is 5.63. The summed E-state index contributed by atoms with van der Waals surface area (Å²) >= 11 is 0. The van der Waals surface area contributed by atoms with E-state index in [1.807, 2.05) is 18.2 Å². The lowest BCUT2D eigenvalue weighted by Gasteiger charge is -2.27. The molecule has 0 radical (unpaired) electrons. The van der Waals surface area contributed by atoms with Crippen LogP contribution in [0.4, 0.5) is 13.2 Å². The van der Waals surface area contributed by atoms with Gasteiger partial charge in [-0.25, -0.2) is 4.39 Å². The Hall–Kier alpha value is -2.07. The average molecular weight is 471 g/mol. The highest BCUT2D eigenvalue weighted by molar-refractivity contribution is 5.30. The van der Waals surface area contributed by atoms with Crippen LogP contribution in [0, 0.1) is 17.7 Å². The van der Waals surface area contributed by atoms with E-state index in [0.29, 0.717) is 18.3 Å². The molecule has 2 aromatic carbocycles. The second kappa shape index (κ2) is 11.1. The van der Waals surface area contributed by atoms with Crippen LogP contribution < -0.4 is 0 Å². The second-order valence-corrected chi connectivity index (χ2v) is 10.4. The smallest absolute Gasteiger partial charge is 0.316 e. The van der Waals surface area contributed by atoms with Crippen molar-refractivity contribution in [2.45, 2.75) is 82.7 Å². The van der Waals surface area contributed by atoms with Crippen molar-refractivity contribution >= 4 is 0 Å². The Kier molecular flexibility index (Phi) is 8.18. The first-order chi connectivity index (χ1) is 16.4. The third-order valence-corrected chi connectivity index (χ3v) is 8.02. The Balaban J connectivity index is 1.30. The van der Waals surface area contributed by atoms with Gasteiger partial charge >= 0.3 is 6.11 Å². The molecule has 2 aliphatic rings. The molecule has 0 saturated heterocycles. The highest BCUT2D eigenvalue weighted by Crippen LogP contribution is 2.39. The van der Waals surface area contributed by atoms with Crippen LogP contribution in [0.1, 0.15) is 92.4 Å². The van der Waals surface area contributed by atoms with Gasteiger partial charge in [0.25, 0.3) is 0 Å². The molecule has 0 unspecified atom stereocenters. The van der Waals surface area contributed by atoms with Crippen molar-refractivity contribution in [3.8, 4) is 0 Å². The lowest BCUT2D eigenvalue weighted by Crippen LogP contribution is -2.22. The van der Waals surface area contributed by atoms with Gasteiger partial charge in [-0.1, -0.05) is 56.2 Å². The van der Waals surface area contributed by atoms with E-state index in [0.717, 1.165) is 42.7 Å². The molecule has 0 aliphatic heterocycles. The average Bonchev–Trinajstić information content (AvgIpc) is 2.85. The largest absolute Gasteiger partial charge is 0.386 e. The van der Waals surface area contributed by atoms with Crippen LogP contribution >= 0.6 is 0 Å². The van der Waals surface area contributed by atoms with Crippen molar-refractivity contribution in [2.75, 3.05) is 6.61 Å². The molecule has 0 spiro atoms. The minimum absolute atomic E-state index is 0.167. The molecule has 0 atom stereocenters. The van der Waals surface area contributed by atoms with Crippen LogP contribution in [-0.4, -0.2) is 6.61 Å². The number of halogens is 3. The van der Waals surface area contributed by atoms with Gasteiger partial charge in [0.15, 0.2) is 0 Å². The number of benzene rings is 2. The predicted octanol–water partition coefficient (Wildman–Crippen LogP) is 8.89. The second-order valence-electron chi connectivity index (χ2n) is 10.4. The van der Waals surface area contributed by atoms with Crippen LogP contribution in [0.25, 0.3) is 0 Å². The normalized spacial score (nSPS) is 25.8. The van der Waals surface area contributed by atoms with E-state index in [-0.39, 0.29) is 12.5 Å². The van der Waals surface area contributed by atoms with Gasteiger partial charge in [-0.2, -0.15) is 8.78 Å². The minimum Gasteiger partial charge on any atom is -0.316 e. The Bertz CT molecular complexity index is 936. The van der Waals surface area contributed by atoms with Crippen molar-refractivity contribution < 1.29 is 17.9 Å². The zero-order valence-corrected chi connectivity index (χ0v) is 20.2. The third-order valence-electron chi connectivity index (χ3n) is 8.02. The first-order valence-electron chi connectivity index (χ1n) is 12.9.